The first-order valence-electron chi connectivity index (χ1n) is 6.98. The van der Waals surface area contributed by atoms with Gasteiger partial charge in [-0.15, -0.1) is 0 Å². The summed E-state index contributed by atoms with van der Waals surface area (Å²) in [7, 11) is -4.46. The van der Waals surface area contributed by atoms with Crippen LogP contribution in [0.25, 0.3) is 10.8 Å². The van der Waals surface area contributed by atoms with Crippen molar-refractivity contribution < 1.29 is 64.4 Å². The van der Waals surface area contributed by atoms with Crippen LogP contribution in [0.5, 0.6) is 0 Å². The largest absolute Gasteiger partial charge is 1.00 e. The van der Waals surface area contributed by atoms with E-state index in [1.807, 2.05) is 25.1 Å². The molecule has 21 heavy (non-hydrogen) atoms. The van der Waals surface area contributed by atoms with Crippen molar-refractivity contribution in [2.75, 3.05) is 0 Å². The van der Waals surface area contributed by atoms with Gasteiger partial charge < -0.3 is 4.55 Å². The van der Waals surface area contributed by atoms with Gasteiger partial charge >= 0.3 is 51.4 Å². The fourth-order valence-electron chi connectivity index (χ4n) is 2.71. The second-order valence-corrected chi connectivity index (χ2v) is 6.34. The van der Waals surface area contributed by atoms with Gasteiger partial charge in [0, 0.05) is 0 Å². The summed E-state index contributed by atoms with van der Waals surface area (Å²) in [5.41, 5.74) is 1.78. The van der Waals surface area contributed by atoms with Gasteiger partial charge in [0.25, 0.3) is 0 Å². The standard InChI is InChI=1S/C16H20O3S.K/c1-3-7-12-11-13(8-4-2)16(20(17,18)19)15-10-6-5-9-14(12)15;/h5-6,9-11H,3-4,7-8H2,1-2H3,(H,17,18,19);/q;+1/p-1. The molecule has 0 aromatic heterocycles. The third-order valence-electron chi connectivity index (χ3n) is 3.45. The van der Waals surface area contributed by atoms with Crippen LogP contribution >= 0.6 is 0 Å². The summed E-state index contributed by atoms with van der Waals surface area (Å²) in [6.07, 6.45) is 3.29. The van der Waals surface area contributed by atoms with Crippen LogP contribution in [-0.2, 0) is 23.0 Å². The summed E-state index contributed by atoms with van der Waals surface area (Å²) >= 11 is 0. The molecule has 0 radical (unpaired) electrons. The van der Waals surface area contributed by atoms with Gasteiger partial charge in [-0.05, 0) is 34.7 Å². The van der Waals surface area contributed by atoms with Crippen LogP contribution in [0.3, 0.4) is 0 Å². The maximum atomic E-state index is 11.7. The van der Waals surface area contributed by atoms with Gasteiger partial charge in [-0.2, -0.15) is 0 Å². The van der Waals surface area contributed by atoms with Gasteiger partial charge in [0.05, 0.1) is 4.90 Å². The zero-order valence-corrected chi connectivity index (χ0v) is 16.8. The van der Waals surface area contributed by atoms with Crippen molar-refractivity contribution in [2.24, 2.45) is 0 Å². The van der Waals surface area contributed by atoms with E-state index in [0.29, 0.717) is 17.4 Å². The molecule has 0 aliphatic rings. The van der Waals surface area contributed by atoms with E-state index in [-0.39, 0.29) is 56.3 Å². The molecule has 0 bridgehead atoms. The average molecular weight is 330 g/mol. The first-order valence-corrected chi connectivity index (χ1v) is 8.39. The molecule has 0 spiro atoms. The molecule has 0 unspecified atom stereocenters. The van der Waals surface area contributed by atoms with Crippen molar-refractivity contribution in [2.45, 2.75) is 44.4 Å². The molecule has 5 heteroatoms. The molecule has 108 valence electrons. The van der Waals surface area contributed by atoms with Crippen LogP contribution < -0.4 is 51.4 Å². The Bertz CT molecular complexity index is 724. The van der Waals surface area contributed by atoms with Crippen LogP contribution in [0, 0.1) is 0 Å². The smallest absolute Gasteiger partial charge is 0.744 e. The van der Waals surface area contributed by atoms with Crippen LogP contribution in [-0.4, -0.2) is 13.0 Å². The second-order valence-electron chi connectivity index (χ2n) is 5.02. The van der Waals surface area contributed by atoms with Crippen molar-refractivity contribution in [1.29, 1.82) is 0 Å². The minimum Gasteiger partial charge on any atom is -0.744 e. The SMILES string of the molecule is CCCc1cc(CCC)c2ccccc2c1S(=O)(=O)[O-].[K+]. The Morgan fingerprint density at radius 3 is 2.00 bits per heavy atom. The first-order chi connectivity index (χ1) is 9.49. The Balaban J connectivity index is 0.00000220. The zero-order valence-electron chi connectivity index (χ0n) is 12.8. The minimum atomic E-state index is -4.46. The van der Waals surface area contributed by atoms with Gasteiger partial charge in [-0.25, -0.2) is 8.42 Å². The maximum Gasteiger partial charge on any atom is 1.00 e. The van der Waals surface area contributed by atoms with Crippen LogP contribution in [0.2, 0.25) is 0 Å². The van der Waals surface area contributed by atoms with Crippen molar-refractivity contribution in [1.82, 2.24) is 0 Å². The van der Waals surface area contributed by atoms with Gasteiger partial charge in [-0.3, -0.25) is 0 Å². The van der Waals surface area contributed by atoms with Crippen LogP contribution in [0.4, 0.5) is 0 Å². The van der Waals surface area contributed by atoms with E-state index in [9.17, 15) is 13.0 Å². The molecular weight excluding hydrogens is 311 g/mol. The van der Waals surface area contributed by atoms with Crippen LogP contribution in [0.15, 0.2) is 35.2 Å². The van der Waals surface area contributed by atoms with Gasteiger partial charge in [0.2, 0.25) is 0 Å². The van der Waals surface area contributed by atoms with E-state index in [2.05, 4.69) is 6.92 Å². The second kappa shape index (κ2) is 8.20. The summed E-state index contributed by atoms with van der Waals surface area (Å²) in [5.74, 6) is 0. The number of hydrogen-bond donors (Lipinski definition) is 0. The topological polar surface area (TPSA) is 57.2 Å². The van der Waals surface area contributed by atoms with E-state index >= 15 is 0 Å². The fraction of sp³-hybridized carbons (Fsp3) is 0.375. The molecule has 0 heterocycles. The van der Waals surface area contributed by atoms with Crippen molar-refractivity contribution in [3.8, 4) is 0 Å². The fourth-order valence-corrected chi connectivity index (χ4v) is 3.64. The first kappa shape index (κ1) is 19.3. The molecule has 2 aromatic carbocycles. The van der Waals surface area contributed by atoms with Crippen molar-refractivity contribution in [3.63, 3.8) is 0 Å². The minimum absolute atomic E-state index is 0. The normalized spacial score (nSPS) is 11.4. The number of fused-ring (bicyclic) bond motifs is 1. The Labute approximate surface area is 169 Å². The summed E-state index contributed by atoms with van der Waals surface area (Å²) in [6.45, 7) is 4.07. The molecule has 0 fully saturated rings. The van der Waals surface area contributed by atoms with Crippen LogP contribution in [0.1, 0.15) is 37.8 Å². The zero-order chi connectivity index (χ0) is 14.8. The predicted octanol–water partition coefficient (Wildman–Crippen LogP) is 0.653. The van der Waals surface area contributed by atoms with E-state index in [1.54, 1.807) is 12.1 Å². The van der Waals surface area contributed by atoms with Crippen molar-refractivity contribution >= 4 is 20.9 Å². The number of hydrogen-bond acceptors (Lipinski definition) is 3. The quantitative estimate of drug-likeness (QED) is 0.597. The van der Waals surface area contributed by atoms with E-state index in [0.717, 1.165) is 30.2 Å². The molecule has 0 saturated heterocycles. The predicted molar refractivity (Wildman–Crippen MR) is 79.9 cm³/mol. The van der Waals surface area contributed by atoms with E-state index in [1.165, 1.54) is 0 Å². The summed E-state index contributed by atoms with van der Waals surface area (Å²) in [6, 6.07) is 9.19. The molecule has 0 N–H and O–H groups in total. The molecule has 2 rings (SSSR count). The molecule has 0 atom stereocenters. The summed E-state index contributed by atoms with van der Waals surface area (Å²) in [4.78, 5) is -0.0326. The van der Waals surface area contributed by atoms with E-state index in [4.69, 9.17) is 0 Å². The summed E-state index contributed by atoms with van der Waals surface area (Å²) in [5, 5.41) is 1.44. The van der Waals surface area contributed by atoms with E-state index < -0.39 is 10.1 Å². The maximum absolute atomic E-state index is 11.7. The Kier molecular flexibility index (Phi) is 7.53. The average Bonchev–Trinajstić information content (AvgIpc) is 2.38. The molecule has 2 aromatic rings. The molecule has 0 aliphatic carbocycles. The van der Waals surface area contributed by atoms with Gasteiger partial charge in [-0.1, -0.05) is 57.0 Å². The Morgan fingerprint density at radius 1 is 0.952 bits per heavy atom. The molecule has 0 saturated carbocycles. The molecule has 0 amide bonds. The molecular formula is C16H19KO3S. The Hall–Kier alpha value is 0.246. The third-order valence-corrected chi connectivity index (χ3v) is 4.43. The monoisotopic (exact) mass is 330 g/mol. The van der Waals surface area contributed by atoms with Gasteiger partial charge in [0.1, 0.15) is 10.1 Å². The Morgan fingerprint density at radius 2 is 1.48 bits per heavy atom. The van der Waals surface area contributed by atoms with Gasteiger partial charge in [0.15, 0.2) is 0 Å². The number of aryl methyl sites for hydroxylation is 2. The molecule has 0 aliphatic heterocycles. The third kappa shape index (κ3) is 4.38. The van der Waals surface area contributed by atoms with Crippen molar-refractivity contribution in [3.05, 3.63) is 41.5 Å². The number of rotatable bonds is 5. The molecule has 3 nitrogen and oxygen atoms in total. The number of benzene rings is 2. The summed E-state index contributed by atoms with van der Waals surface area (Å²) < 4.78 is 35.0.